The smallest absolute Gasteiger partial charge is 0.407 e. The van der Waals surface area contributed by atoms with Gasteiger partial charge in [0.1, 0.15) is 6.61 Å². The minimum atomic E-state index is -1.01. The fourth-order valence-electron chi connectivity index (χ4n) is 4.35. The lowest BCUT2D eigenvalue weighted by Gasteiger charge is -2.23. The van der Waals surface area contributed by atoms with Crippen molar-refractivity contribution < 1.29 is 23.9 Å². The Morgan fingerprint density at radius 2 is 1.57 bits per heavy atom. The maximum atomic E-state index is 12.6. The van der Waals surface area contributed by atoms with Gasteiger partial charge in [-0.2, -0.15) is 0 Å². The first-order valence-electron chi connectivity index (χ1n) is 11.8. The molecule has 0 aromatic heterocycles. The number of hydrogen-bond acceptors (Lipinski definition) is 5. The molecule has 0 aliphatic heterocycles. The van der Waals surface area contributed by atoms with E-state index in [2.05, 4.69) is 34.9 Å². The van der Waals surface area contributed by atoms with E-state index in [1.807, 2.05) is 24.3 Å². The Morgan fingerprint density at radius 1 is 1.00 bits per heavy atom. The molecule has 1 aliphatic rings. The van der Waals surface area contributed by atoms with Crippen molar-refractivity contribution in [3.8, 4) is 11.1 Å². The number of nitrogens with one attached hydrogen (secondary N) is 2. The number of hydrogen-bond donors (Lipinski definition) is 3. The number of ether oxygens (including phenoxy) is 1. The van der Waals surface area contributed by atoms with Gasteiger partial charge in [-0.25, -0.2) is 4.79 Å². The van der Waals surface area contributed by atoms with Crippen molar-refractivity contribution in [2.75, 3.05) is 13.2 Å². The lowest BCUT2D eigenvalue weighted by Crippen LogP contribution is -2.44. The van der Waals surface area contributed by atoms with Crippen LogP contribution in [0.3, 0.4) is 0 Å². The number of carbonyl (C=O) groups is 4. The van der Waals surface area contributed by atoms with Crippen LogP contribution in [0.5, 0.6) is 0 Å². The summed E-state index contributed by atoms with van der Waals surface area (Å²) in [6.07, 6.45) is 0.145. The van der Waals surface area contributed by atoms with E-state index in [9.17, 15) is 19.2 Å². The topological polar surface area (TPSA) is 128 Å². The van der Waals surface area contributed by atoms with Crippen molar-refractivity contribution in [2.24, 2.45) is 11.1 Å². The lowest BCUT2D eigenvalue weighted by molar-refractivity contribution is -0.133. The number of benzene rings is 2. The maximum absolute atomic E-state index is 12.6. The highest BCUT2D eigenvalue weighted by molar-refractivity contribution is 5.93. The van der Waals surface area contributed by atoms with Gasteiger partial charge in [0.25, 0.3) is 0 Å². The van der Waals surface area contributed by atoms with E-state index >= 15 is 0 Å². The molecule has 0 fully saturated rings. The first-order valence-corrected chi connectivity index (χ1v) is 11.8. The van der Waals surface area contributed by atoms with Gasteiger partial charge in [-0.05, 0) is 35.1 Å². The SMILES string of the molecule is CC(=O)N[C@@H](CCCNC(=O)OCC1c2ccccc2-c2ccccc21)C(=O)CC(C)(C)C(N)=O. The molecule has 0 radical (unpaired) electrons. The number of Topliss-reactive ketones (excluding diaryl/α,β-unsaturated/α-hetero) is 1. The molecule has 3 rings (SSSR count). The third kappa shape index (κ3) is 6.47. The zero-order chi connectivity index (χ0) is 25.6. The van der Waals surface area contributed by atoms with E-state index in [0.29, 0.717) is 12.8 Å². The molecule has 2 aromatic carbocycles. The van der Waals surface area contributed by atoms with Gasteiger partial charge in [0, 0.05) is 25.8 Å². The fourth-order valence-corrected chi connectivity index (χ4v) is 4.35. The highest BCUT2D eigenvalue weighted by atomic mass is 16.5. The molecule has 0 spiro atoms. The molecule has 0 saturated heterocycles. The maximum Gasteiger partial charge on any atom is 0.407 e. The number of ketones is 1. The summed E-state index contributed by atoms with van der Waals surface area (Å²) in [5.41, 5.74) is 8.94. The van der Waals surface area contributed by atoms with Gasteiger partial charge in [0.15, 0.2) is 5.78 Å². The molecule has 0 saturated carbocycles. The summed E-state index contributed by atoms with van der Waals surface area (Å²) in [5.74, 6) is -1.22. The average molecular weight is 480 g/mol. The summed E-state index contributed by atoms with van der Waals surface area (Å²) in [7, 11) is 0. The molecule has 35 heavy (non-hydrogen) atoms. The third-order valence-electron chi connectivity index (χ3n) is 6.33. The second-order valence-electron chi connectivity index (χ2n) is 9.54. The molecule has 1 atom stereocenters. The molecule has 0 bridgehead atoms. The fraction of sp³-hybridized carbons (Fsp3) is 0.407. The summed E-state index contributed by atoms with van der Waals surface area (Å²) in [4.78, 5) is 48.1. The minimum Gasteiger partial charge on any atom is -0.449 e. The van der Waals surface area contributed by atoms with Crippen molar-refractivity contribution in [3.05, 3.63) is 59.7 Å². The first-order chi connectivity index (χ1) is 16.6. The van der Waals surface area contributed by atoms with Crippen LogP contribution in [-0.2, 0) is 19.1 Å². The average Bonchev–Trinajstić information content (AvgIpc) is 3.12. The van der Waals surface area contributed by atoms with Crippen LogP contribution in [0.1, 0.15) is 57.1 Å². The highest BCUT2D eigenvalue weighted by Gasteiger charge is 2.32. The Kier molecular flexibility index (Phi) is 8.27. The van der Waals surface area contributed by atoms with E-state index in [4.69, 9.17) is 10.5 Å². The zero-order valence-corrected chi connectivity index (χ0v) is 20.4. The number of primary amides is 1. The van der Waals surface area contributed by atoms with Crippen LogP contribution < -0.4 is 16.4 Å². The van der Waals surface area contributed by atoms with E-state index < -0.39 is 23.5 Å². The Labute approximate surface area is 205 Å². The van der Waals surface area contributed by atoms with Crippen LogP contribution in [0.25, 0.3) is 11.1 Å². The normalized spacial score (nSPS) is 13.3. The number of nitrogens with two attached hydrogens (primary N) is 1. The van der Waals surface area contributed by atoms with Crippen LogP contribution in [-0.4, -0.2) is 42.9 Å². The quantitative estimate of drug-likeness (QED) is 0.426. The Balaban J connectivity index is 1.49. The van der Waals surface area contributed by atoms with Crippen molar-refractivity contribution in [2.45, 2.75) is 52.0 Å². The Hall–Kier alpha value is -3.68. The Bertz CT molecular complexity index is 1070. The number of amides is 3. The molecule has 3 amide bonds. The highest BCUT2D eigenvalue weighted by Crippen LogP contribution is 2.44. The van der Waals surface area contributed by atoms with Gasteiger partial charge >= 0.3 is 6.09 Å². The van der Waals surface area contributed by atoms with Gasteiger partial charge in [-0.15, -0.1) is 0 Å². The standard InChI is InChI=1S/C27H33N3O5/c1-17(31)30-23(24(32)15-27(2,3)25(28)33)13-8-14-29-26(34)35-16-22-20-11-6-4-9-18(20)19-10-5-7-12-21(19)22/h4-7,9-12,22-23H,8,13-16H2,1-3H3,(H2,28,33)(H,29,34)(H,30,31)/t23-/m0/s1. The molecular weight excluding hydrogens is 446 g/mol. The van der Waals surface area contributed by atoms with Crippen molar-refractivity contribution >= 4 is 23.7 Å². The zero-order valence-electron chi connectivity index (χ0n) is 20.4. The van der Waals surface area contributed by atoms with E-state index in [-0.39, 0.29) is 37.2 Å². The molecule has 4 N–H and O–H groups in total. The van der Waals surface area contributed by atoms with E-state index in [1.165, 1.54) is 6.92 Å². The van der Waals surface area contributed by atoms with Crippen LogP contribution in [0, 0.1) is 5.41 Å². The van der Waals surface area contributed by atoms with Crippen LogP contribution in [0.4, 0.5) is 4.79 Å². The minimum absolute atomic E-state index is 0.0245. The van der Waals surface area contributed by atoms with Crippen LogP contribution in [0.2, 0.25) is 0 Å². The predicted octanol–water partition coefficient (Wildman–Crippen LogP) is 3.28. The summed E-state index contributed by atoms with van der Waals surface area (Å²) in [5, 5.41) is 5.34. The second-order valence-corrected chi connectivity index (χ2v) is 9.54. The molecule has 8 nitrogen and oxygen atoms in total. The number of alkyl carbamates (subject to hydrolysis) is 1. The van der Waals surface area contributed by atoms with Crippen molar-refractivity contribution in [3.63, 3.8) is 0 Å². The van der Waals surface area contributed by atoms with Gasteiger partial charge in [0.2, 0.25) is 11.8 Å². The molecular formula is C27H33N3O5. The van der Waals surface area contributed by atoms with E-state index in [0.717, 1.165) is 22.3 Å². The molecule has 0 unspecified atom stereocenters. The van der Waals surface area contributed by atoms with Gasteiger partial charge in [0.05, 0.1) is 11.5 Å². The predicted molar refractivity (Wildman–Crippen MR) is 133 cm³/mol. The molecule has 2 aromatic rings. The van der Waals surface area contributed by atoms with Gasteiger partial charge in [-0.3, -0.25) is 14.4 Å². The van der Waals surface area contributed by atoms with Gasteiger partial charge in [-0.1, -0.05) is 62.4 Å². The molecule has 1 aliphatic carbocycles. The number of fused-ring (bicyclic) bond motifs is 3. The monoisotopic (exact) mass is 479 g/mol. The Morgan fingerprint density at radius 3 is 2.11 bits per heavy atom. The lowest BCUT2D eigenvalue weighted by atomic mass is 9.84. The third-order valence-corrected chi connectivity index (χ3v) is 6.33. The van der Waals surface area contributed by atoms with Crippen LogP contribution >= 0.6 is 0 Å². The van der Waals surface area contributed by atoms with Gasteiger partial charge < -0.3 is 21.1 Å². The van der Waals surface area contributed by atoms with Crippen molar-refractivity contribution in [1.29, 1.82) is 0 Å². The van der Waals surface area contributed by atoms with E-state index in [1.54, 1.807) is 13.8 Å². The number of rotatable bonds is 11. The second kappa shape index (κ2) is 11.2. The summed E-state index contributed by atoms with van der Waals surface area (Å²) >= 11 is 0. The van der Waals surface area contributed by atoms with Crippen LogP contribution in [0.15, 0.2) is 48.5 Å². The number of carbonyl (C=O) groups excluding carboxylic acids is 4. The summed E-state index contributed by atoms with van der Waals surface area (Å²) in [6, 6.07) is 15.5. The molecule has 0 heterocycles. The molecule has 8 heteroatoms. The largest absolute Gasteiger partial charge is 0.449 e. The molecule has 186 valence electrons. The van der Waals surface area contributed by atoms with Crippen molar-refractivity contribution in [1.82, 2.24) is 10.6 Å². The first kappa shape index (κ1) is 25.9. The summed E-state index contributed by atoms with van der Waals surface area (Å²) < 4.78 is 5.51. The summed E-state index contributed by atoms with van der Waals surface area (Å²) in [6.45, 7) is 5.01.